The Hall–Kier alpha value is -4.21. The lowest BCUT2D eigenvalue weighted by atomic mass is 10.1. The number of fused-ring (bicyclic) bond motifs is 1. The van der Waals surface area contributed by atoms with Crippen LogP contribution in [0.25, 0.3) is 11.4 Å². The van der Waals surface area contributed by atoms with Gasteiger partial charge >= 0.3 is 0 Å². The summed E-state index contributed by atoms with van der Waals surface area (Å²) in [7, 11) is 1.58. The zero-order valence-electron chi connectivity index (χ0n) is 15.9. The maximum absolute atomic E-state index is 12.4. The lowest BCUT2D eigenvalue weighted by molar-refractivity contribution is -0.122. The number of para-hydroxylation sites is 1. The Balaban J connectivity index is 1.41. The number of methoxy groups -OCH3 is 1. The fourth-order valence-corrected chi connectivity index (χ4v) is 3.01. The molecule has 0 saturated heterocycles. The summed E-state index contributed by atoms with van der Waals surface area (Å²) in [5.41, 5.74) is 1.50. The molecular weight excluding hydrogens is 388 g/mol. The minimum absolute atomic E-state index is 0.0643. The Kier molecular flexibility index (Phi) is 5.12. The van der Waals surface area contributed by atoms with Crippen LogP contribution in [0.2, 0.25) is 0 Å². The number of carbonyl (C=O) groups is 3. The molecule has 0 saturated carbocycles. The molecule has 152 valence electrons. The van der Waals surface area contributed by atoms with Gasteiger partial charge in [0.25, 0.3) is 5.91 Å². The number of aromatic nitrogens is 3. The van der Waals surface area contributed by atoms with Gasteiger partial charge in [0.05, 0.1) is 24.8 Å². The molecule has 10 nitrogen and oxygen atoms in total. The SMILES string of the molecule is COc1ccc(-c2nc(NC(=O)C[C@H]3NC(=O)c4ccccc4NC3=O)n[nH]2)cc1. The van der Waals surface area contributed by atoms with Crippen LogP contribution in [0.15, 0.2) is 48.5 Å². The minimum Gasteiger partial charge on any atom is -0.497 e. The molecule has 0 bridgehead atoms. The zero-order valence-corrected chi connectivity index (χ0v) is 15.9. The molecule has 1 aliphatic heterocycles. The van der Waals surface area contributed by atoms with Crippen LogP contribution in [0.1, 0.15) is 16.8 Å². The molecule has 3 aromatic rings. The summed E-state index contributed by atoms with van der Waals surface area (Å²) in [6.45, 7) is 0. The third-order valence-electron chi connectivity index (χ3n) is 4.54. The fourth-order valence-electron chi connectivity index (χ4n) is 3.01. The molecule has 0 unspecified atom stereocenters. The number of rotatable bonds is 5. The summed E-state index contributed by atoms with van der Waals surface area (Å²) in [6, 6.07) is 12.8. The molecule has 1 atom stereocenters. The van der Waals surface area contributed by atoms with E-state index in [1.807, 2.05) is 0 Å². The Labute approximate surface area is 171 Å². The number of hydrogen-bond donors (Lipinski definition) is 4. The molecule has 10 heteroatoms. The van der Waals surface area contributed by atoms with Crippen LogP contribution in [0.4, 0.5) is 11.6 Å². The van der Waals surface area contributed by atoms with Crippen molar-refractivity contribution in [1.29, 1.82) is 0 Å². The van der Waals surface area contributed by atoms with Gasteiger partial charge in [0, 0.05) is 5.56 Å². The zero-order chi connectivity index (χ0) is 21.1. The summed E-state index contributed by atoms with van der Waals surface area (Å²) < 4.78 is 5.12. The van der Waals surface area contributed by atoms with Crippen molar-refractivity contribution in [2.45, 2.75) is 12.5 Å². The summed E-state index contributed by atoms with van der Waals surface area (Å²) >= 11 is 0. The number of carbonyl (C=O) groups excluding carboxylic acids is 3. The predicted molar refractivity (Wildman–Crippen MR) is 108 cm³/mol. The molecule has 0 spiro atoms. The van der Waals surface area contributed by atoms with Crippen molar-refractivity contribution in [3.63, 3.8) is 0 Å². The summed E-state index contributed by atoms with van der Waals surface area (Å²) in [5, 5.41) is 14.5. The third kappa shape index (κ3) is 3.97. The van der Waals surface area contributed by atoms with E-state index in [0.717, 1.165) is 5.56 Å². The average Bonchev–Trinajstić information content (AvgIpc) is 3.17. The van der Waals surface area contributed by atoms with Gasteiger partial charge in [-0.3, -0.25) is 24.8 Å². The third-order valence-corrected chi connectivity index (χ3v) is 4.54. The summed E-state index contributed by atoms with van der Waals surface area (Å²) in [4.78, 5) is 41.4. The highest BCUT2D eigenvalue weighted by Gasteiger charge is 2.29. The molecule has 0 aliphatic carbocycles. The Morgan fingerprint density at radius 3 is 2.67 bits per heavy atom. The quantitative estimate of drug-likeness (QED) is 0.507. The van der Waals surface area contributed by atoms with Crippen LogP contribution >= 0.6 is 0 Å². The number of hydrogen-bond acceptors (Lipinski definition) is 6. The van der Waals surface area contributed by atoms with Crippen molar-refractivity contribution in [2.75, 3.05) is 17.7 Å². The molecule has 0 fully saturated rings. The maximum Gasteiger partial charge on any atom is 0.254 e. The number of anilines is 2. The monoisotopic (exact) mass is 406 g/mol. The van der Waals surface area contributed by atoms with Crippen molar-refractivity contribution in [1.82, 2.24) is 20.5 Å². The molecule has 0 radical (unpaired) electrons. The van der Waals surface area contributed by atoms with Crippen molar-refractivity contribution < 1.29 is 19.1 Å². The second kappa shape index (κ2) is 8.03. The van der Waals surface area contributed by atoms with E-state index in [-0.39, 0.29) is 12.4 Å². The van der Waals surface area contributed by atoms with E-state index in [1.54, 1.807) is 55.6 Å². The average molecular weight is 406 g/mol. The molecule has 2 heterocycles. The summed E-state index contributed by atoms with van der Waals surface area (Å²) in [5.74, 6) is -0.184. The second-order valence-electron chi connectivity index (χ2n) is 6.55. The molecule has 30 heavy (non-hydrogen) atoms. The first-order valence-electron chi connectivity index (χ1n) is 9.11. The van der Waals surface area contributed by atoms with Gasteiger partial charge in [0.1, 0.15) is 11.8 Å². The number of amides is 3. The van der Waals surface area contributed by atoms with Crippen LogP contribution in [0.3, 0.4) is 0 Å². The highest BCUT2D eigenvalue weighted by molar-refractivity contribution is 6.11. The normalized spacial score (nSPS) is 15.4. The minimum atomic E-state index is -1.02. The van der Waals surface area contributed by atoms with E-state index >= 15 is 0 Å². The first-order chi connectivity index (χ1) is 14.5. The van der Waals surface area contributed by atoms with Gasteiger partial charge in [-0.05, 0) is 36.4 Å². The van der Waals surface area contributed by atoms with Crippen LogP contribution in [0, 0.1) is 0 Å². The standard InChI is InChI=1S/C20H18N6O4/c1-30-12-8-6-11(7-9-12)17-24-20(26-25-17)23-16(27)10-15-19(29)21-14-5-3-2-4-13(14)18(28)22-15/h2-9,15H,10H2,1H3,(H,21,29)(H,22,28)(H2,23,24,25,26,27)/t15-/m1/s1. The van der Waals surface area contributed by atoms with Crippen LogP contribution in [0.5, 0.6) is 5.75 Å². The van der Waals surface area contributed by atoms with E-state index < -0.39 is 23.8 Å². The molecule has 4 N–H and O–H groups in total. The van der Waals surface area contributed by atoms with E-state index in [4.69, 9.17) is 4.74 Å². The first-order valence-corrected chi connectivity index (χ1v) is 9.11. The first kappa shape index (κ1) is 19.1. The molecule has 2 aromatic carbocycles. The van der Waals surface area contributed by atoms with Crippen molar-refractivity contribution in [3.8, 4) is 17.1 Å². The van der Waals surface area contributed by atoms with E-state index in [9.17, 15) is 14.4 Å². The Bertz CT molecular complexity index is 1110. The van der Waals surface area contributed by atoms with Gasteiger partial charge in [-0.1, -0.05) is 12.1 Å². The number of ether oxygens (including phenoxy) is 1. The van der Waals surface area contributed by atoms with E-state index in [2.05, 4.69) is 31.1 Å². The van der Waals surface area contributed by atoms with Gasteiger partial charge < -0.3 is 15.4 Å². The second-order valence-corrected chi connectivity index (χ2v) is 6.55. The van der Waals surface area contributed by atoms with Gasteiger partial charge in [0.15, 0.2) is 5.82 Å². The maximum atomic E-state index is 12.4. The molecular formula is C20H18N6O4. The smallest absolute Gasteiger partial charge is 0.254 e. The Morgan fingerprint density at radius 1 is 1.13 bits per heavy atom. The number of benzene rings is 2. The Morgan fingerprint density at radius 2 is 1.90 bits per heavy atom. The molecule has 1 aromatic heterocycles. The van der Waals surface area contributed by atoms with Crippen LogP contribution < -0.4 is 20.7 Å². The summed E-state index contributed by atoms with van der Waals surface area (Å²) in [6.07, 6.45) is -0.266. The lowest BCUT2D eigenvalue weighted by Gasteiger charge is -2.13. The highest BCUT2D eigenvalue weighted by Crippen LogP contribution is 2.21. The van der Waals surface area contributed by atoms with Crippen molar-refractivity contribution in [2.24, 2.45) is 0 Å². The number of nitrogens with zero attached hydrogens (tertiary/aromatic N) is 2. The fraction of sp³-hybridized carbons (Fsp3) is 0.150. The van der Waals surface area contributed by atoms with Gasteiger partial charge in [-0.15, -0.1) is 5.10 Å². The van der Waals surface area contributed by atoms with Crippen LogP contribution in [-0.4, -0.2) is 46.1 Å². The molecule has 1 aliphatic rings. The van der Waals surface area contributed by atoms with Crippen LogP contribution in [-0.2, 0) is 9.59 Å². The van der Waals surface area contributed by atoms with Crippen molar-refractivity contribution >= 4 is 29.4 Å². The molecule has 4 rings (SSSR count). The number of H-pyrrole nitrogens is 1. The van der Waals surface area contributed by atoms with E-state index in [0.29, 0.717) is 22.8 Å². The number of aromatic amines is 1. The molecule has 3 amide bonds. The predicted octanol–water partition coefficient (Wildman–Crippen LogP) is 1.56. The highest BCUT2D eigenvalue weighted by atomic mass is 16.5. The van der Waals surface area contributed by atoms with E-state index in [1.165, 1.54) is 0 Å². The topological polar surface area (TPSA) is 138 Å². The lowest BCUT2D eigenvalue weighted by Crippen LogP contribution is -2.43. The number of nitrogens with one attached hydrogen (secondary N) is 4. The largest absolute Gasteiger partial charge is 0.497 e. The van der Waals surface area contributed by atoms with Gasteiger partial charge in [-0.2, -0.15) is 4.98 Å². The van der Waals surface area contributed by atoms with Gasteiger partial charge in [0.2, 0.25) is 17.8 Å². The van der Waals surface area contributed by atoms with Gasteiger partial charge in [-0.25, -0.2) is 0 Å². The van der Waals surface area contributed by atoms with Crippen molar-refractivity contribution in [3.05, 3.63) is 54.1 Å².